The van der Waals surface area contributed by atoms with Crippen molar-refractivity contribution in [2.45, 2.75) is 19.9 Å². The van der Waals surface area contributed by atoms with Crippen molar-refractivity contribution in [2.75, 3.05) is 7.11 Å². The first-order valence-electron chi connectivity index (χ1n) is 4.92. The van der Waals surface area contributed by atoms with E-state index in [2.05, 4.69) is 24.8 Å². The van der Waals surface area contributed by atoms with Crippen LogP contribution < -0.4 is 11.1 Å². The lowest BCUT2D eigenvalue weighted by Crippen LogP contribution is -2.39. The monoisotopic (exact) mass is 253 g/mol. The number of carbonyl (C=O) groups excluding carboxylic acids is 1. The summed E-state index contributed by atoms with van der Waals surface area (Å²) in [4.78, 5) is 27.3. The van der Waals surface area contributed by atoms with Gasteiger partial charge in [0.15, 0.2) is 0 Å². The second kappa shape index (κ2) is 5.62. The van der Waals surface area contributed by atoms with E-state index in [1.54, 1.807) is 19.9 Å². The van der Waals surface area contributed by atoms with Gasteiger partial charge in [-0.2, -0.15) is 5.26 Å². The molecule has 96 valence electrons. The van der Waals surface area contributed by atoms with Crippen LogP contribution in [0.2, 0.25) is 0 Å². The van der Waals surface area contributed by atoms with E-state index in [9.17, 15) is 9.59 Å². The second-order valence-electron chi connectivity index (χ2n) is 3.42. The Balaban J connectivity index is 3.10. The molecule has 1 aromatic heterocycles. The minimum Gasteiger partial charge on any atom is -0.398 e. The van der Waals surface area contributed by atoms with E-state index in [4.69, 9.17) is 5.26 Å². The van der Waals surface area contributed by atoms with Gasteiger partial charge in [-0.1, -0.05) is 5.16 Å². The average molecular weight is 253 g/mol. The molecule has 9 nitrogen and oxygen atoms in total. The van der Waals surface area contributed by atoms with Crippen LogP contribution in [0.15, 0.2) is 14.4 Å². The van der Waals surface area contributed by atoms with Gasteiger partial charge in [0.05, 0.1) is 0 Å². The van der Waals surface area contributed by atoms with E-state index >= 15 is 0 Å². The highest BCUT2D eigenvalue weighted by Crippen LogP contribution is 1.95. The molecule has 0 unspecified atom stereocenters. The van der Waals surface area contributed by atoms with E-state index in [1.807, 2.05) is 0 Å². The van der Waals surface area contributed by atoms with Crippen molar-refractivity contribution in [3.05, 3.63) is 16.4 Å². The molecule has 18 heavy (non-hydrogen) atoms. The van der Waals surface area contributed by atoms with Crippen molar-refractivity contribution < 1.29 is 14.0 Å². The van der Waals surface area contributed by atoms with Crippen molar-refractivity contribution in [1.82, 2.24) is 15.1 Å². The first-order valence-corrected chi connectivity index (χ1v) is 4.92. The number of oxime groups is 1. The number of rotatable bonds is 3. The molecule has 0 spiro atoms. The molecule has 0 fully saturated rings. The maximum Gasteiger partial charge on any atom is 0.446 e. The Bertz CT molecular complexity index is 562. The lowest BCUT2D eigenvalue weighted by molar-refractivity contribution is 0.213. The maximum absolute atomic E-state index is 11.5. The van der Waals surface area contributed by atoms with Gasteiger partial charge < -0.3 is 14.6 Å². The fourth-order valence-electron chi connectivity index (χ4n) is 1.01. The molecule has 0 saturated heterocycles. The van der Waals surface area contributed by atoms with Gasteiger partial charge in [0.25, 0.3) is 5.89 Å². The number of hydrogen-bond acceptors (Lipinski definition) is 7. The van der Waals surface area contributed by atoms with Crippen molar-refractivity contribution in [3.8, 4) is 6.07 Å². The standard InChI is InChI=1S/C9H11N5O4/c1-5(2)11-8(15)14-9(16)18-7(12-14)6(4-10)13-17-3/h5H,1-3H3,(H,11,15)/b13-6+. The summed E-state index contributed by atoms with van der Waals surface area (Å²) in [6.45, 7) is 3.44. The Morgan fingerprint density at radius 1 is 1.67 bits per heavy atom. The molecule has 1 aromatic rings. The fourth-order valence-corrected chi connectivity index (χ4v) is 1.01. The quantitative estimate of drug-likeness (QED) is 0.581. The van der Waals surface area contributed by atoms with Crippen LogP contribution >= 0.6 is 0 Å². The smallest absolute Gasteiger partial charge is 0.398 e. The number of nitrogens with one attached hydrogen (secondary N) is 1. The van der Waals surface area contributed by atoms with Gasteiger partial charge in [-0.15, -0.1) is 9.78 Å². The third-order valence-corrected chi connectivity index (χ3v) is 1.64. The summed E-state index contributed by atoms with van der Waals surface area (Å²) >= 11 is 0. The highest BCUT2D eigenvalue weighted by atomic mass is 16.6. The second-order valence-corrected chi connectivity index (χ2v) is 3.42. The van der Waals surface area contributed by atoms with Crippen LogP contribution in [0.4, 0.5) is 4.79 Å². The molecular formula is C9H11N5O4. The maximum atomic E-state index is 11.5. The van der Waals surface area contributed by atoms with Crippen molar-refractivity contribution in [3.63, 3.8) is 0 Å². The zero-order valence-electron chi connectivity index (χ0n) is 10.00. The molecule has 0 aromatic carbocycles. The first kappa shape index (κ1) is 13.4. The first-order chi connectivity index (χ1) is 8.49. The Morgan fingerprint density at radius 3 is 2.83 bits per heavy atom. The van der Waals surface area contributed by atoms with E-state index in [1.165, 1.54) is 7.11 Å². The normalized spacial score (nSPS) is 11.2. The molecule has 1 heterocycles. The highest BCUT2D eigenvalue weighted by Gasteiger charge is 2.19. The molecule has 0 radical (unpaired) electrons. The van der Waals surface area contributed by atoms with E-state index < -0.39 is 11.8 Å². The molecule has 0 aliphatic rings. The summed E-state index contributed by atoms with van der Waals surface area (Å²) in [5, 5.41) is 18.0. The summed E-state index contributed by atoms with van der Waals surface area (Å²) in [7, 11) is 1.22. The summed E-state index contributed by atoms with van der Waals surface area (Å²) in [5.74, 6) is -1.40. The third-order valence-electron chi connectivity index (χ3n) is 1.64. The molecule has 0 aliphatic heterocycles. The molecule has 0 atom stereocenters. The number of nitriles is 1. The Labute approximate surface area is 102 Å². The molecular weight excluding hydrogens is 242 g/mol. The Kier molecular flexibility index (Phi) is 4.20. The lowest BCUT2D eigenvalue weighted by Gasteiger charge is -2.05. The number of carbonyl (C=O) groups is 1. The van der Waals surface area contributed by atoms with Crippen LogP contribution in [-0.2, 0) is 4.84 Å². The van der Waals surface area contributed by atoms with Crippen LogP contribution in [-0.4, -0.2) is 34.7 Å². The topological polar surface area (TPSA) is 123 Å². The molecule has 0 saturated carbocycles. The van der Waals surface area contributed by atoms with Crippen LogP contribution in [0, 0.1) is 11.3 Å². The van der Waals surface area contributed by atoms with Gasteiger partial charge in [0.2, 0.25) is 5.71 Å². The van der Waals surface area contributed by atoms with Crippen LogP contribution in [0.25, 0.3) is 0 Å². The number of aromatic nitrogens is 2. The van der Waals surface area contributed by atoms with E-state index in [0.29, 0.717) is 4.68 Å². The summed E-state index contributed by atoms with van der Waals surface area (Å²) in [6.07, 6.45) is 0. The minimum atomic E-state index is -1.01. The molecule has 9 heteroatoms. The number of hydrogen-bond donors (Lipinski definition) is 1. The van der Waals surface area contributed by atoms with Crippen molar-refractivity contribution >= 4 is 11.7 Å². The third kappa shape index (κ3) is 2.94. The number of nitrogens with zero attached hydrogens (tertiary/aromatic N) is 4. The van der Waals surface area contributed by atoms with E-state index in [-0.39, 0.29) is 17.6 Å². The zero-order chi connectivity index (χ0) is 13.7. The van der Waals surface area contributed by atoms with Gasteiger partial charge >= 0.3 is 11.8 Å². The fraction of sp³-hybridized carbons (Fsp3) is 0.444. The summed E-state index contributed by atoms with van der Waals surface area (Å²) in [6, 6.07) is 0.701. The molecule has 1 rings (SSSR count). The average Bonchev–Trinajstić information content (AvgIpc) is 2.67. The molecule has 1 amide bonds. The van der Waals surface area contributed by atoms with Crippen molar-refractivity contribution in [1.29, 1.82) is 5.26 Å². The predicted octanol–water partition coefficient (Wildman–Crippen LogP) is -0.324. The van der Waals surface area contributed by atoms with Crippen LogP contribution in [0.1, 0.15) is 19.7 Å². The van der Waals surface area contributed by atoms with Crippen molar-refractivity contribution in [2.24, 2.45) is 5.16 Å². The van der Waals surface area contributed by atoms with Gasteiger partial charge in [0, 0.05) is 6.04 Å². The minimum absolute atomic E-state index is 0.173. The molecule has 0 bridgehead atoms. The SMILES string of the molecule is CO/N=C(\C#N)c1nn(C(=O)NC(C)C)c(=O)o1. The van der Waals surface area contributed by atoms with Gasteiger partial charge in [-0.25, -0.2) is 9.59 Å². The van der Waals surface area contributed by atoms with Crippen LogP contribution in [0.3, 0.4) is 0 Å². The summed E-state index contributed by atoms with van der Waals surface area (Å²) < 4.78 is 5.10. The molecule has 1 N–H and O–H groups in total. The van der Waals surface area contributed by atoms with Crippen LogP contribution in [0.5, 0.6) is 0 Å². The van der Waals surface area contributed by atoms with Gasteiger partial charge in [0.1, 0.15) is 13.2 Å². The highest BCUT2D eigenvalue weighted by molar-refractivity contribution is 6.08. The Hall–Kier alpha value is -2.63. The molecule has 0 aliphatic carbocycles. The summed E-state index contributed by atoms with van der Waals surface area (Å²) in [5.41, 5.74) is -0.342. The largest absolute Gasteiger partial charge is 0.446 e. The number of amides is 1. The van der Waals surface area contributed by atoms with Gasteiger partial charge in [-0.05, 0) is 13.8 Å². The van der Waals surface area contributed by atoms with E-state index in [0.717, 1.165) is 0 Å². The Morgan fingerprint density at radius 2 is 2.33 bits per heavy atom. The zero-order valence-corrected chi connectivity index (χ0v) is 10.00. The predicted molar refractivity (Wildman–Crippen MR) is 59.0 cm³/mol. The lowest BCUT2D eigenvalue weighted by atomic mass is 10.4. The van der Waals surface area contributed by atoms with Gasteiger partial charge in [-0.3, -0.25) is 0 Å².